The van der Waals surface area contributed by atoms with Gasteiger partial charge in [-0.2, -0.15) is 0 Å². The normalized spacial score (nSPS) is 16.8. The highest BCUT2D eigenvalue weighted by Crippen LogP contribution is 2.35. The topological polar surface area (TPSA) is 48.1 Å². The molecule has 1 aliphatic rings. The molecule has 1 unspecified atom stereocenters. The van der Waals surface area contributed by atoms with Crippen molar-refractivity contribution in [3.8, 4) is 0 Å². The molecule has 0 spiro atoms. The number of carbonyl (C=O) groups is 1. The van der Waals surface area contributed by atoms with Crippen LogP contribution in [0.3, 0.4) is 0 Å². The Kier molecular flexibility index (Phi) is 6.00. The van der Waals surface area contributed by atoms with Gasteiger partial charge in [0, 0.05) is 34.4 Å². The number of piperidine rings is 1. The Balaban J connectivity index is 1.49. The molecule has 1 aliphatic heterocycles. The Labute approximate surface area is 173 Å². The van der Waals surface area contributed by atoms with Crippen LogP contribution in [0.2, 0.25) is 0 Å². The van der Waals surface area contributed by atoms with Crippen LogP contribution in [0.5, 0.6) is 0 Å². The minimum atomic E-state index is -0.0692. The van der Waals surface area contributed by atoms with E-state index in [9.17, 15) is 4.79 Å². The number of hydrogen-bond donors (Lipinski definition) is 2. The van der Waals surface area contributed by atoms with E-state index in [0.717, 1.165) is 11.2 Å². The fraction of sp³-hybridized carbons (Fsp3) is 0.400. The van der Waals surface area contributed by atoms with Crippen LogP contribution in [-0.2, 0) is 0 Å². The van der Waals surface area contributed by atoms with Crippen molar-refractivity contribution in [3.63, 3.8) is 0 Å². The lowest BCUT2D eigenvalue weighted by atomic mass is 9.88. The van der Waals surface area contributed by atoms with Gasteiger partial charge < -0.3 is 15.2 Å². The molecule has 1 amide bonds. The second-order valence-electron chi connectivity index (χ2n) is 8.27. The first-order valence-corrected chi connectivity index (χ1v) is 10.9. The third kappa shape index (κ3) is 4.38. The summed E-state index contributed by atoms with van der Waals surface area (Å²) in [4.78, 5) is 18.6. The molecule has 4 heteroatoms. The summed E-state index contributed by atoms with van der Waals surface area (Å²) >= 11 is 0. The van der Waals surface area contributed by atoms with Gasteiger partial charge in [0.05, 0.1) is 0 Å². The molecule has 2 N–H and O–H groups in total. The van der Waals surface area contributed by atoms with Crippen LogP contribution >= 0.6 is 0 Å². The van der Waals surface area contributed by atoms with Crippen molar-refractivity contribution < 1.29 is 4.79 Å². The fourth-order valence-electron chi connectivity index (χ4n) is 4.60. The molecule has 1 saturated heterocycles. The Hall–Kier alpha value is -2.59. The maximum absolute atomic E-state index is 12.5. The predicted octanol–water partition coefficient (Wildman–Crippen LogP) is 5.79. The highest BCUT2D eigenvalue weighted by Gasteiger charge is 2.25. The Morgan fingerprint density at radius 2 is 1.93 bits per heavy atom. The number of carbonyl (C=O) groups excluding carboxylic acids is 1. The molecule has 2 aromatic carbocycles. The first-order chi connectivity index (χ1) is 14.2. The van der Waals surface area contributed by atoms with Crippen molar-refractivity contribution in [3.05, 3.63) is 65.9 Å². The highest BCUT2D eigenvalue weighted by atomic mass is 16.1. The first-order valence-electron chi connectivity index (χ1n) is 10.9. The largest absolute Gasteiger partial charge is 0.361 e. The zero-order valence-electron chi connectivity index (χ0n) is 17.4. The number of nitrogens with zero attached hydrogens (tertiary/aromatic N) is 1. The molecule has 152 valence electrons. The van der Waals surface area contributed by atoms with E-state index < -0.39 is 0 Å². The van der Waals surface area contributed by atoms with E-state index in [0.29, 0.717) is 17.5 Å². The molecule has 1 aromatic heterocycles. The standard InChI is InChI=1S/C25H31N3O/c1-3-7-18(2)28-14-12-19(13-15-28)23-17-26-24-11-10-21(16-22(23)24)27-25(29)20-8-5-4-6-9-20/h4-6,8-11,16-19,26H,3,7,12-15H2,1-2H3,(H,27,29). The minimum absolute atomic E-state index is 0.0692. The number of benzene rings is 2. The van der Waals surface area contributed by atoms with Crippen molar-refractivity contribution in [1.29, 1.82) is 0 Å². The van der Waals surface area contributed by atoms with Crippen LogP contribution in [0.15, 0.2) is 54.7 Å². The summed E-state index contributed by atoms with van der Waals surface area (Å²) in [5.41, 5.74) is 4.05. The third-order valence-electron chi connectivity index (χ3n) is 6.31. The second kappa shape index (κ2) is 8.83. The molecule has 0 bridgehead atoms. The fourth-order valence-corrected chi connectivity index (χ4v) is 4.60. The van der Waals surface area contributed by atoms with Crippen molar-refractivity contribution >= 4 is 22.5 Å². The molecule has 4 rings (SSSR count). The van der Waals surface area contributed by atoms with E-state index in [2.05, 4.69) is 47.4 Å². The van der Waals surface area contributed by atoms with Crippen LogP contribution in [0, 0.1) is 0 Å². The van der Waals surface area contributed by atoms with Crippen molar-refractivity contribution in [2.24, 2.45) is 0 Å². The maximum Gasteiger partial charge on any atom is 0.255 e. The number of amides is 1. The van der Waals surface area contributed by atoms with Gasteiger partial charge >= 0.3 is 0 Å². The summed E-state index contributed by atoms with van der Waals surface area (Å²) in [6.07, 6.45) is 7.09. The molecule has 3 aromatic rings. The van der Waals surface area contributed by atoms with Crippen LogP contribution in [0.4, 0.5) is 5.69 Å². The van der Waals surface area contributed by atoms with Crippen molar-refractivity contribution in [2.75, 3.05) is 18.4 Å². The van der Waals surface area contributed by atoms with Gasteiger partial charge in [0.2, 0.25) is 0 Å². The molecule has 0 radical (unpaired) electrons. The van der Waals surface area contributed by atoms with Gasteiger partial charge in [-0.15, -0.1) is 0 Å². The van der Waals surface area contributed by atoms with Gasteiger partial charge in [0.25, 0.3) is 5.91 Å². The Morgan fingerprint density at radius 1 is 1.17 bits per heavy atom. The zero-order chi connectivity index (χ0) is 20.2. The molecule has 1 fully saturated rings. The quantitative estimate of drug-likeness (QED) is 0.561. The van der Waals surface area contributed by atoms with Crippen LogP contribution < -0.4 is 5.32 Å². The number of nitrogens with one attached hydrogen (secondary N) is 2. The van der Waals surface area contributed by atoms with E-state index in [1.807, 2.05) is 36.4 Å². The maximum atomic E-state index is 12.5. The van der Waals surface area contributed by atoms with Crippen molar-refractivity contribution in [1.82, 2.24) is 9.88 Å². The number of fused-ring (bicyclic) bond motifs is 1. The molecule has 0 saturated carbocycles. The molecule has 1 atom stereocenters. The Morgan fingerprint density at radius 3 is 2.66 bits per heavy atom. The second-order valence-corrected chi connectivity index (χ2v) is 8.27. The number of aromatic nitrogens is 1. The molecule has 0 aliphatic carbocycles. The Bertz CT molecular complexity index is 955. The van der Waals surface area contributed by atoms with E-state index in [4.69, 9.17) is 0 Å². The van der Waals surface area contributed by atoms with Gasteiger partial charge in [-0.1, -0.05) is 31.5 Å². The summed E-state index contributed by atoms with van der Waals surface area (Å²) in [6.45, 7) is 6.96. The average Bonchev–Trinajstić information content (AvgIpc) is 3.18. The average molecular weight is 390 g/mol. The zero-order valence-corrected chi connectivity index (χ0v) is 17.4. The summed E-state index contributed by atoms with van der Waals surface area (Å²) in [7, 11) is 0. The molecular weight excluding hydrogens is 358 g/mol. The lowest BCUT2D eigenvalue weighted by Gasteiger charge is -2.36. The van der Waals surface area contributed by atoms with E-state index >= 15 is 0 Å². The van der Waals surface area contributed by atoms with E-state index in [1.54, 1.807) is 0 Å². The lowest BCUT2D eigenvalue weighted by molar-refractivity contribution is 0.102. The van der Waals surface area contributed by atoms with E-state index in [1.165, 1.54) is 49.7 Å². The molecule has 29 heavy (non-hydrogen) atoms. The summed E-state index contributed by atoms with van der Waals surface area (Å²) in [5, 5.41) is 4.28. The number of anilines is 1. The summed E-state index contributed by atoms with van der Waals surface area (Å²) in [5.74, 6) is 0.508. The first kappa shape index (κ1) is 19.7. The van der Waals surface area contributed by atoms with Gasteiger partial charge in [-0.3, -0.25) is 4.79 Å². The van der Waals surface area contributed by atoms with Crippen molar-refractivity contribution in [2.45, 2.75) is 51.5 Å². The summed E-state index contributed by atoms with van der Waals surface area (Å²) < 4.78 is 0. The van der Waals surface area contributed by atoms with Gasteiger partial charge in [-0.05, 0) is 81.1 Å². The monoisotopic (exact) mass is 389 g/mol. The van der Waals surface area contributed by atoms with Gasteiger partial charge in [0.15, 0.2) is 0 Å². The lowest BCUT2D eigenvalue weighted by Crippen LogP contribution is -2.39. The number of likely N-dealkylation sites (tertiary alicyclic amines) is 1. The van der Waals surface area contributed by atoms with Gasteiger partial charge in [0.1, 0.15) is 0 Å². The SMILES string of the molecule is CCCC(C)N1CCC(c2c[nH]c3ccc(NC(=O)c4ccccc4)cc23)CC1. The smallest absolute Gasteiger partial charge is 0.255 e. The highest BCUT2D eigenvalue weighted by molar-refractivity contribution is 6.05. The summed E-state index contributed by atoms with van der Waals surface area (Å²) in [6, 6.07) is 16.2. The molecular formula is C25H31N3O. The number of hydrogen-bond acceptors (Lipinski definition) is 2. The van der Waals surface area contributed by atoms with Crippen LogP contribution in [-0.4, -0.2) is 34.9 Å². The molecule has 4 nitrogen and oxygen atoms in total. The third-order valence-corrected chi connectivity index (χ3v) is 6.31. The minimum Gasteiger partial charge on any atom is -0.361 e. The number of rotatable bonds is 6. The van der Waals surface area contributed by atoms with Gasteiger partial charge in [-0.25, -0.2) is 0 Å². The van der Waals surface area contributed by atoms with Crippen LogP contribution in [0.25, 0.3) is 10.9 Å². The molecule has 2 heterocycles. The number of H-pyrrole nitrogens is 1. The van der Waals surface area contributed by atoms with Crippen LogP contribution in [0.1, 0.15) is 61.4 Å². The van der Waals surface area contributed by atoms with E-state index in [-0.39, 0.29) is 5.91 Å². The predicted molar refractivity (Wildman–Crippen MR) is 121 cm³/mol. The number of aromatic amines is 1.